The van der Waals surface area contributed by atoms with Gasteiger partial charge in [0.2, 0.25) is 5.95 Å². The van der Waals surface area contributed by atoms with Gasteiger partial charge in [-0.2, -0.15) is 5.10 Å². The average molecular weight is 447 g/mol. The molecule has 0 aliphatic carbocycles. The van der Waals surface area contributed by atoms with E-state index < -0.39 is 0 Å². The molecule has 0 amide bonds. The summed E-state index contributed by atoms with van der Waals surface area (Å²) < 4.78 is 6.94. The van der Waals surface area contributed by atoms with Crippen LogP contribution in [0.4, 0.5) is 5.95 Å². The second kappa shape index (κ2) is 9.88. The summed E-state index contributed by atoms with van der Waals surface area (Å²) in [5, 5.41) is 16.7. The Morgan fingerprint density at radius 1 is 1.25 bits per heavy atom. The molecule has 4 rings (SSSR count). The van der Waals surface area contributed by atoms with Gasteiger partial charge in [-0.1, -0.05) is 11.6 Å². The highest BCUT2D eigenvalue weighted by Crippen LogP contribution is 2.30. The molecule has 0 saturated heterocycles. The van der Waals surface area contributed by atoms with Crippen LogP contribution in [0.25, 0.3) is 16.6 Å². The number of ether oxygens (including phenoxy) is 1. The molecule has 0 spiro atoms. The van der Waals surface area contributed by atoms with Crippen molar-refractivity contribution in [3.05, 3.63) is 41.2 Å². The summed E-state index contributed by atoms with van der Waals surface area (Å²) in [5.74, 6) is 1.53. The van der Waals surface area contributed by atoms with E-state index in [2.05, 4.69) is 30.8 Å². The van der Waals surface area contributed by atoms with Crippen molar-refractivity contribution in [2.75, 3.05) is 25.5 Å². The molecule has 0 saturated carbocycles. The van der Waals surface area contributed by atoms with Gasteiger partial charge >= 0.3 is 0 Å². The molecule has 0 fully saturated rings. The van der Waals surface area contributed by atoms with E-state index in [0.717, 1.165) is 59.9 Å². The molecule has 4 aromatic rings. The molecule has 11 heteroatoms. The topological polar surface area (TPSA) is 95.1 Å². The zero-order valence-corrected chi connectivity index (χ0v) is 17.5. The summed E-state index contributed by atoms with van der Waals surface area (Å²) in [5.41, 5.74) is 3.05. The first-order valence-electron chi connectivity index (χ1n) is 8.43. The van der Waals surface area contributed by atoms with E-state index in [9.17, 15) is 0 Å². The van der Waals surface area contributed by atoms with E-state index in [1.165, 1.54) is 0 Å². The standard InChI is InChI=1S/C17H20ClN7O.2ClH/c1-26-12-7-11(16-13(8-12)14(18)10-21-16)9-19-4-2-5-20-17-23-15-3-6-22-25(15)24-17;;/h3,6-8,10,19,21H,2,4-5,9H2,1H3,(H2,20,23,24);2*1H. The predicted molar refractivity (Wildman–Crippen MR) is 117 cm³/mol. The van der Waals surface area contributed by atoms with Gasteiger partial charge in [0, 0.05) is 30.7 Å². The molecule has 152 valence electrons. The van der Waals surface area contributed by atoms with E-state index in [1.807, 2.05) is 18.2 Å². The fraction of sp³-hybridized carbons (Fsp3) is 0.294. The lowest BCUT2D eigenvalue weighted by Gasteiger charge is -2.09. The highest BCUT2D eigenvalue weighted by molar-refractivity contribution is 6.35. The van der Waals surface area contributed by atoms with Crippen LogP contribution in [0.15, 0.2) is 30.6 Å². The van der Waals surface area contributed by atoms with Crippen molar-refractivity contribution in [2.45, 2.75) is 13.0 Å². The first-order chi connectivity index (χ1) is 12.7. The first-order valence-corrected chi connectivity index (χ1v) is 8.80. The number of halogens is 3. The fourth-order valence-electron chi connectivity index (χ4n) is 2.93. The van der Waals surface area contributed by atoms with Crippen molar-refractivity contribution in [3.63, 3.8) is 0 Å². The molecule has 3 heterocycles. The molecular formula is C17H22Cl3N7O. The van der Waals surface area contributed by atoms with Crippen molar-refractivity contribution in [2.24, 2.45) is 0 Å². The lowest BCUT2D eigenvalue weighted by molar-refractivity contribution is 0.414. The number of H-pyrrole nitrogens is 2. The van der Waals surface area contributed by atoms with Crippen molar-refractivity contribution >= 4 is 58.9 Å². The van der Waals surface area contributed by atoms with Gasteiger partial charge < -0.3 is 25.3 Å². The number of nitrogens with zero attached hydrogens (tertiary/aromatic N) is 3. The fourth-order valence-corrected chi connectivity index (χ4v) is 3.14. The number of aromatic amines is 2. The van der Waals surface area contributed by atoms with Gasteiger partial charge in [-0.05, 0) is 30.7 Å². The Morgan fingerprint density at radius 3 is 2.89 bits per heavy atom. The van der Waals surface area contributed by atoms with Gasteiger partial charge in [0.05, 0.1) is 23.8 Å². The molecule has 0 bridgehead atoms. The van der Waals surface area contributed by atoms with Crippen LogP contribution >= 0.6 is 36.4 Å². The molecule has 4 N–H and O–H groups in total. The maximum atomic E-state index is 6.22. The van der Waals surface area contributed by atoms with Gasteiger partial charge in [-0.3, -0.25) is 0 Å². The maximum Gasteiger partial charge on any atom is 0.222 e. The molecule has 0 aliphatic heterocycles. The minimum Gasteiger partial charge on any atom is -0.497 e. The lowest BCUT2D eigenvalue weighted by atomic mass is 10.1. The van der Waals surface area contributed by atoms with Gasteiger partial charge in [0.15, 0.2) is 5.65 Å². The van der Waals surface area contributed by atoms with E-state index in [0.29, 0.717) is 5.02 Å². The van der Waals surface area contributed by atoms with Gasteiger partial charge in [-0.15, -0.1) is 34.5 Å². The Morgan fingerprint density at radius 2 is 2.11 bits per heavy atom. The largest absolute Gasteiger partial charge is 0.497 e. The monoisotopic (exact) mass is 445 g/mol. The molecule has 0 aliphatic rings. The SMILES string of the molecule is COc1cc(CNCCCNc2nn3nccc3[nH]2)c2[nH]cc(Cl)c2c1.Cl.Cl. The highest BCUT2D eigenvalue weighted by atomic mass is 35.5. The van der Waals surface area contributed by atoms with Gasteiger partial charge in [0.1, 0.15) is 5.75 Å². The van der Waals surface area contributed by atoms with E-state index in [4.69, 9.17) is 16.3 Å². The number of benzene rings is 1. The summed E-state index contributed by atoms with van der Waals surface area (Å²) in [6.07, 6.45) is 4.47. The van der Waals surface area contributed by atoms with Crippen LogP contribution in [0.5, 0.6) is 5.75 Å². The third kappa shape index (κ3) is 4.64. The summed E-state index contributed by atoms with van der Waals surface area (Å²) in [6, 6.07) is 5.85. The normalized spacial score (nSPS) is 10.6. The van der Waals surface area contributed by atoms with Gasteiger partial charge in [0.25, 0.3) is 0 Å². The second-order valence-corrected chi connectivity index (χ2v) is 6.39. The maximum absolute atomic E-state index is 6.22. The third-order valence-corrected chi connectivity index (χ3v) is 4.55. The number of aromatic nitrogens is 5. The quantitative estimate of drug-likeness (QED) is 0.310. The molecule has 8 nitrogen and oxygen atoms in total. The number of methoxy groups -OCH3 is 1. The van der Waals surface area contributed by atoms with E-state index in [-0.39, 0.29) is 24.8 Å². The molecular weight excluding hydrogens is 425 g/mol. The van der Waals surface area contributed by atoms with Gasteiger partial charge in [-0.25, -0.2) is 0 Å². The molecule has 0 atom stereocenters. The van der Waals surface area contributed by atoms with Crippen LogP contribution in [-0.2, 0) is 6.54 Å². The van der Waals surface area contributed by atoms with Crippen LogP contribution < -0.4 is 15.4 Å². The lowest BCUT2D eigenvalue weighted by Crippen LogP contribution is -2.18. The Kier molecular flexibility index (Phi) is 7.82. The minimum absolute atomic E-state index is 0. The molecule has 1 aromatic carbocycles. The Bertz CT molecular complexity index is 998. The summed E-state index contributed by atoms with van der Waals surface area (Å²) >= 11 is 6.22. The molecule has 0 radical (unpaired) electrons. The predicted octanol–water partition coefficient (Wildman–Crippen LogP) is 3.64. The number of nitrogens with one attached hydrogen (secondary N) is 4. The number of anilines is 1. The second-order valence-electron chi connectivity index (χ2n) is 5.98. The van der Waals surface area contributed by atoms with Crippen molar-refractivity contribution < 1.29 is 4.74 Å². The van der Waals surface area contributed by atoms with Crippen LogP contribution in [0.2, 0.25) is 5.02 Å². The number of hydrogen-bond acceptors (Lipinski definition) is 5. The Balaban J connectivity index is 0.00000140. The number of fused-ring (bicyclic) bond motifs is 2. The summed E-state index contributed by atoms with van der Waals surface area (Å²) in [7, 11) is 1.66. The molecule has 3 aromatic heterocycles. The van der Waals surface area contributed by atoms with E-state index >= 15 is 0 Å². The average Bonchev–Trinajstić information content (AvgIpc) is 3.33. The highest BCUT2D eigenvalue weighted by Gasteiger charge is 2.09. The molecule has 0 unspecified atom stereocenters. The zero-order valence-electron chi connectivity index (χ0n) is 15.2. The van der Waals surface area contributed by atoms with Crippen LogP contribution in [-0.4, -0.2) is 45.0 Å². The molecule has 28 heavy (non-hydrogen) atoms. The third-order valence-electron chi connectivity index (χ3n) is 4.23. The van der Waals surface area contributed by atoms with E-state index in [1.54, 1.807) is 24.1 Å². The first kappa shape index (κ1) is 22.2. The van der Waals surface area contributed by atoms with Crippen molar-refractivity contribution in [3.8, 4) is 5.75 Å². The smallest absolute Gasteiger partial charge is 0.222 e. The Hall–Kier alpha value is -2.13. The summed E-state index contributed by atoms with van der Waals surface area (Å²) in [4.78, 5) is 6.39. The Labute approximate surface area is 179 Å². The number of rotatable bonds is 8. The van der Waals surface area contributed by atoms with Crippen molar-refractivity contribution in [1.82, 2.24) is 30.1 Å². The number of hydrogen-bond donors (Lipinski definition) is 4. The van der Waals surface area contributed by atoms with Crippen molar-refractivity contribution in [1.29, 1.82) is 0 Å². The minimum atomic E-state index is 0. The van der Waals surface area contributed by atoms with Crippen LogP contribution in [0.3, 0.4) is 0 Å². The zero-order chi connectivity index (χ0) is 17.9. The van der Waals surface area contributed by atoms with Crippen LogP contribution in [0.1, 0.15) is 12.0 Å². The summed E-state index contributed by atoms with van der Waals surface area (Å²) in [6.45, 7) is 2.42. The van der Waals surface area contributed by atoms with Crippen LogP contribution in [0, 0.1) is 0 Å².